The van der Waals surface area contributed by atoms with Gasteiger partial charge in [0, 0.05) is 7.11 Å². The van der Waals surface area contributed by atoms with Crippen molar-refractivity contribution in [2.24, 2.45) is 0 Å². The van der Waals surface area contributed by atoms with Gasteiger partial charge >= 0.3 is 0 Å². The van der Waals surface area contributed by atoms with Crippen molar-refractivity contribution in [2.75, 3.05) is 27.4 Å². The third-order valence-electron chi connectivity index (χ3n) is 7.84. The first-order valence-electron chi connectivity index (χ1n) is 12.9. The van der Waals surface area contributed by atoms with E-state index in [2.05, 4.69) is 67.7 Å². The van der Waals surface area contributed by atoms with E-state index in [0.717, 1.165) is 11.3 Å². The minimum absolute atomic E-state index is 0.0527. The lowest BCUT2D eigenvalue weighted by Crippen LogP contribution is -2.56. The minimum Gasteiger partial charge on any atom is -0.497 e. The van der Waals surface area contributed by atoms with Gasteiger partial charge in [-0.15, -0.1) is 0 Å². The van der Waals surface area contributed by atoms with Crippen molar-refractivity contribution < 1.29 is 32.5 Å². The second-order valence-corrected chi connectivity index (χ2v) is 22.2. The lowest BCUT2D eigenvalue weighted by atomic mass is 10.2. The summed E-state index contributed by atoms with van der Waals surface area (Å²) < 4.78 is 42.9. The largest absolute Gasteiger partial charge is 0.497 e. The van der Waals surface area contributed by atoms with Crippen molar-refractivity contribution in [3.8, 4) is 5.75 Å². The normalized spacial score (nSPS) is 22.9. The molecule has 0 amide bonds. The highest BCUT2D eigenvalue weighted by molar-refractivity contribution is 6.74. The van der Waals surface area contributed by atoms with Gasteiger partial charge in [0.25, 0.3) is 0 Å². The van der Waals surface area contributed by atoms with Gasteiger partial charge in [0.05, 0.1) is 33.0 Å². The van der Waals surface area contributed by atoms with Gasteiger partial charge in [0.1, 0.15) is 11.9 Å². The summed E-state index contributed by atoms with van der Waals surface area (Å²) in [5.41, 5.74) is 1.01. The number of ether oxygens (including phenoxy) is 5. The number of rotatable bonds is 11. The van der Waals surface area contributed by atoms with E-state index in [1.807, 2.05) is 24.3 Å². The highest BCUT2D eigenvalue weighted by Gasteiger charge is 2.45. The maximum Gasteiger partial charge on any atom is 0.210 e. The molecular formula is C27H50O7Si2. The summed E-state index contributed by atoms with van der Waals surface area (Å²) >= 11 is 0. The van der Waals surface area contributed by atoms with Crippen LogP contribution >= 0.6 is 0 Å². The Kier molecular flexibility index (Phi) is 10.8. The monoisotopic (exact) mass is 542 g/mol. The molecule has 1 aliphatic heterocycles. The molecule has 0 N–H and O–H groups in total. The zero-order valence-electron chi connectivity index (χ0n) is 24.6. The van der Waals surface area contributed by atoms with E-state index >= 15 is 0 Å². The van der Waals surface area contributed by atoms with Gasteiger partial charge in [0.2, 0.25) is 12.6 Å². The molecule has 0 spiro atoms. The van der Waals surface area contributed by atoms with E-state index in [1.54, 1.807) is 14.2 Å². The van der Waals surface area contributed by atoms with Crippen LogP contribution in [0, 0.1) is 0 Å². The number of hydrogen-bond donors (Lipinski definition) is 0. The molecule has 0 aliphatic carbocycles. The second-order valence-electron chi connectivity index (χ2n) is 12.6. The fourth-order valence-electron chi connectivity index (χ4n) is 3.22. The Labute approximate surface area is 221 Å². The molecule has 1 aromatic carbocycles. The second kappa shape index (κ2) is 12.4. The molecule has 0 aromatic heterocycles. The van der Waals surface area contributed by atoms with Crippen LogP contribution in [-0.2, 0) is 34.4 Å². The maximum absolute atomic E-state index is 6.88. The Bertz CT molecular complexity index is 800. The molecule has 1 aliphatic rings. The molecule has 1 heterocycles. The Hall–Kier alpha value is -0.786. The Balaban J connectivity index is 2.19. The first-order chi connectivity index (χ1) is 16.5. The molecule has 0 radical (unpaired) electrons. The molecule has 4 atom stereocenters. The summed E-state index contributed by atoms with van der Waals surface area (Å²) in [4.78, 5) is 0. The van der Waals surface area contributed by atoms with E-state index in [1.165, 1.54) is 0 Å². The molecule has 0 saturated carbocycles. The predicted molar refractivity (Wildman–Crippen MR) is 148 cm³/mol. The van der Waals surface area contributed by atoms with Crippen LogP contribution in [0.15, 0.2) is 24.3 Å². The van der Waals surface area contributed by atoms with Crippen molar-refractivity contribution in [1.82, 2.24) is 0 Å². The highest BCUT2D eigenvalue weighted by Crippen LogP contribution is 2.40. The van der Waals surface area contributed by atoms with E-state index in [0.29, 0.717) is 19.8 Å². The van der Waals surface area contributed by atoms with Crippen LogP contribution in [0.2, 0.25) is 36.3 Å². The van der Waals surface area contributed by atoms with Crippen LogP contribution in [0.25, 0.3) is 0 Å². The Morgan fingerprint density at radius 1 is 0.889 bits per heavy atom. The van der Waals surface area contributed by atoms with Gasteiger partial charge in [0.15, 0.2) is 16.6 Å². The molecule has 36 heavy (non-hydrogen) atoms. The van der Waals surface area contributed by atoms with E-state index in [-0.39, 0.29) is 22.3 Å². The molecule has 7 nitrogen and oxygen atoms in total. The molecule has 2 rings (SSSR count). The molecule has 1 aromatic rings. The third kappa shape index (κ3) is 8.36. The van der Waals surface area contributed by atoms with Crippen LogP contribution in [0.1, 0.15) is 47.1 Å². The molecule has 0 bridgehead atoms. The zero-order valence-corrected chi connectivity index (χ0v) is 26.6. The highest BCUT2D eigenvalue weighted by atomic mass is 28.4. The van der Waals surface area contributed by atoms with Crippen molar-refractivity contribution in [3.05, 3.63) is 29.8 Å². The van der Waals surface area contributed by atoms with Crippen molar-refractivity contribution in [1.29, 1.82) is 0 Å². The first kappa shape index (κ1) is 31.4. The van der Waals surface area contributed by atoms with E-state index in [4.69, 9.17) is 32.5 Å². The minimum atomic E-state index is -2.11. The molecule has 208 valence electrons. The van der Waals surface area contributed by atoms with E-state index < -0.39 is 29.2 Å². The molecule has 1 saturated heterocycles. The van der Waals surface area contributed by atoms with Gasteiger partial charge in [-0.1, -0.05) is 53.7 Å². The van der Waals surface area contributed by atoms with Gasteiger partial charge in [-0.25, -0.2) is 0 Å². The van der Waals surface area contributed by atoms with Crippen LogP contribution < -0.4 is 4.74 Å². The van der Waals surface area contributed by atoms with Crippen molar-refractivity contribution in [2.45, 2.75) is 109 Å². The van der Waals surface area contributed by atoms with Gasteiger partial charge in [-0.3, -0.25) is 0 Å². The van der Waals surface area contributed by atoms with Crippen LogP contribution in [0.5, 0.6) is 5.75 Å². The quantitative estimate of drug-likeness (QED) is 0.302. The third-order valence-corrected chi connectivity index (χ3v) is 16.8. The fourth-order valence-corrected chi connectivity index (χ4v) is 5.56. The van der Waals surface area contributed by atoms with Crippen molar-refractivity contribution >= 4 is 16.6 Å². The topological polar surface area (TPSA) is 64.6 Å². The maximum atomic E-state index is 6.88. The summed E-state index contributed by atoms with van der Waals surface area (Å²) in [6.45, 7) is 23.7. The van der Waals surface area contributed by atoms with Gasteiger partial charge in [-0.05, 0) is 54.0 Å². The molecule has 0 unspecified atom stereocenters. The van der Waals surface area contributed by atoms with E-state index in [9.17, 15) is 0 Å². The fraction of sp³-hybridized carbons (Fsp3) is 0.778. The van der Waals surface area contributed by atoms with Crippen LogP contribution in [0.3, 0.4) is 0 Å². The summed E-state index contributed by atoms with van der Waals surface area (Å²) in [7, 11) is -0.839. The summed E-state index contributed by atoms with van der Waals surface area (Å²) in [6.07, 6.45) is -1.91. The summed E-state index contributed by atoms with van der Waals surface area (Å²) in [5.74, 6) is 0.804. The predicted octanol–water partition coefficient (Wildman–Crippen LogP) is 6.34. The zero-order chi connectivity index (χ0) is 27.4. The molecular weight excluding hydrogens is 492 g/mol. The summed E-state index contributed by atoms with van der Waals surface area (Å²) in [6, 6.07) is 7.76. The standard InChI is InChI=1S/C27H50O7Si2/c1-26(2,3)35(9,10)32-19-23(34-36(11,12)27(4,5)6)22-18-31-24(29-8)25(33-22)30-17-20-13-15-21(28-7)16-14-20/h13-16,22-25H,17-19H2,1-12H3/t22-,23-,24-,25-/m1/s1. The lowest BCUT2D eigenvalue weighted by molar-refractivity contribution is -0.346. The first-order valence-corrected chi connectivity index (χ1v) is 18.7. The lowest BCUT2D eigenvalue weighted by Gasteiger charge is -2.45. The van der Waals surface area contributed by atoms with Crippen LogP contribution in [-0.4, -0.2) is 68.9 Å². The SMILES string of the molecule is COc1ccc(CO[C@@H]2O[C@@H]([C@@H](CO[Si](C)(C)C(C)(C)C)O[Si](C)(C)C(C)(C)C)CO[C@H]2OC)cc1. The molecule has 9 heteroatoms. The smallest absolute Gasteiger partial charge is 0.210 e. The van der Waals surface area contributed by atoms with Crippen LogP contribution in [0.4, 0.5) is 0 Å². The Morgan fingerprint density at radius 2 is 1.47 bits per heavy atom. The molecule has 1 fully saturated rings. The van der Waals surface area contributed by atoms with Crippen molar-refractivity contribution in [3.63, 3.8) is 0 Å². The number of hydrogen-bond acceptors (Lipinski definition) is 7. The van der Waals surface area contributed by atoms with Gasteiger partial charge in [-0.2, -0.15) is 0 Å². The Morgan fingerprint density at radius 3 is 1.97 bits per heavy atom. The average Bonchev–Trinajstić information content (AvgIpc) is 2.79. The number of benzene rings is 1. The summed E-state index contributed by atoms with van der Waals surface area (Å²) in [5, 5.41) is 0.153. The average molecular weight is 543 g/mol. The van der Waals surface area contributed by atoms with Gasteiger partial charge < -0.3 is 32.5 Å². The number of methoxy groups -OCH3 is 2.